The highest BCUT2D eigenvalue weighted by Crippen LogP contribution is 2.29. The lowest BCUT2D eigenvalue weighted by Crippen LogP contribution is -2.36. The predicted octanol–water partition coefficient (Wildman–Crippen LogP) is 1.53. The summed E-state index contributed by atoms with van der Waals surface area (Å²) in [6.07, 6.45) is 2.15. The van der Waals surface area contributed by atoms with Crippen LogP contribution in [0.2, 0.25) is 0 Å². The third-order valence-electron chi connectivity index (χ3n) is 3.35. The Kier molecular flexibility index (Phi) is 4.39. The summed E-state index contributed by atoms with van der Waals surface area (Å²) < 4.78 is 5.08. The summed E-state index contributed by atoms with van der Waals surface area (Å²) in [5.41, 5.74) is 4.94. The van der Waals surface area contributed by atoms with Crippen molar-refractivity contribution in [3.05, 3.63) is 29.3 Å². The molecule has 0 spiro atoms. The van der Waals surface area contributed by atoms with Crippen LogP contribution in [0.5, 0.6) is 0 Å². The lowest BCUT2D eigenvalue weighted by atomic mass is 10.1. The highest BCUT2D eigenvalue weighted by Gasteiger charge is 2.33. The number of hydrogen-bond donors (Lipinski definition) is 2. The van der Waals surface area contributed by atoms with Crippen molar-refractivity contribution < 1.29 is 9.53 Å². The number of benzene rings is 1. The number of methoxy groups -OCH3 is 1. The first kappa shape index (κ1) is 13.8. The Labute approximate surface area is 113 Å². The van der Waals surface area contributed by atoms with Crippen LogP contribution in [0, 0.1) is 6.92 Å². The third kappa shape index (κ3) is 3.24. The SMILES string of the molecule is COCCN(C(=O)c1cc(C)ccc1NN)C1CC1. The third-order valence-corrected chi connectivity index (χ3v) is 3.35. The van der Waals surface area contributed by atoms with Crippen molar-refractivity contribution >= 4 is 11.6 Å². The number of ether oxygens (including phenoxy) is 1. The van der Waals surface area contributed by atoms with Crippen LogP contribution in [0.3, 0.4) is 0 Å². The van der Waals surface area contributed by atoms with E-state index in [1.54, 1.807) is 7.11 Å². The van der Waals surface area contributed by atoms with Gasteiger partial charge in [0.1, 0.15) is 0 Å². The van der Waals surface area contributed by atoms with Gasteiger partial charge < -0.3 is 15.1 Å². The molecule has 0 heterocycles. The molecule has 1 saturated carbocycles. The maximum Gasteiger partial charge on any atom is 0.256 e. The maximum absolute atomic E-state index is 12.6. The number of aryl methyl sites for hydroxylation is 1. The molecule has 0 atom stereocenters. The average Bonchev–Trinajstić information content (AvgIpc) is 3.23. The number of nitrogens with zero attached hydrogens (tertiary/aromatic N) is 1. The predicted molar refractivity (Wildman–Crippen MR) is 74.9 cm³/mol. The Balaban J connectivity index is 2.22. The van der Waals surface area contributed by atoms with Crippen molar-refractivity contribution in [2.45, 2.75) is 25.8 Å². The minimum absolute atomic E-state index is 0.0243. The molecule has 1 aliphatic carbocycles. The molecule has 1 fully saturated rings. The minimum atomic E-state index is 0.0243. The Morgan fingerprint density at radius 3 is 2.84 bits per heavy atom. The quantitative estimate of drug-likeness (QED) is 0.603. The van der Waals surface area contributed by atoms with Crippen molar-refractivity contribution in [1.29, 1.82) is 0 Å². The molecule has 0 aliphatic heterocycles. The topological polar surface area (TPSA) is 67.6 Å². The second-order valence-electron chi connectivity index (χ2n) is 4.92. The largest absolute Gasteiger partial charge is 0.383 e. The van der Waals surface area contributed by atoms with Crippen LogP contribution in [0.25, 0.3) is 0 Å². The van der Waals surface area contributed by atoms with E-state index in [9.17, 15) is 4.79 Å². The van der Waals surface area contributed by atoms with Crippen molar-refractivity contribution in [1.82, 2.24) is 4.90 Å². The van der Waals surface area contributed by atoms with Crippen LogP contribution in [0.15, 0.2) is 18.2 Å². The molecular formula is C14H21N3O2. The summed E-state index contributed by atoms with van der Waals surface area (Å²) in [5, 5.41) is 0. The molecule has 3 N–H and O–H groups in total. The van der Waals surface area contributed by atoms with Gasteiger partial charge in [0.25, 0.3) is 5.91 Å². The molecule has 0 aromatic heterocycles. The molecular weight excluding hydrogens is 242 g/mol. The van der Waals surface area contributed by atoms with Crippen molar-refractivity contribution in [3.8, 4) is 0 Å². The first-order valence-corrected chi connectivity index (χ1v) is 6.54. The molecule has 0 saturated heterocycles. The van der Waals surface area contributed by atoms with Crippen molar-refractivity contribution in [2.24, 2.45) is 5.84 Å². The molecule has 19 heavy (non-hydrogen) atoms. The molecule has 0 bridgehead atoms. The van der Waals surface area contributed by atoms with Gasteiger partial charge in [0.2, 0.25) is 0 Å². The fourth-order valence-corrected chi connectivity index (χ4v) is 2.14. The van der Waals surface area contributed by atoms with Gasteiger partial charge in [-0.25, -0.2) is 0 Å². The summed E-state index contributed by atoms with van der Waals surface area (Å²) >= 11 is 0. The summed E-state index contributed by atoms with van der Waals surface area (Å²) in [7, 11) is 1.65. The fourth-order valence-electron chi connectivity index (χ4n) is 2.14. The number of carbonyl (C=O) groups excluding carboxylic acids is 1. The lowest BCUT2D eigenvalue weighted by molar-refractivity contribution is 0.0681. The van der Waals surface area contributed by atoms with Crippen LogP contribution < -0.4 is 11.3 Å². The number of nitrogen functional groups attached to an aromatic ring is 1. The van der Waals surface area contributed by atoms with Gasteiger partial charge in [-0.3, -0.25) is 10.6 Å². The highest BCUT2D eigenvalue weighted by molar-refractivity contribution is 6.00. The Hall–Kier alpha value is -1.59. The summed E-state index contributed by atoms with van der Waals surface area (Å²) in [6, 6.07) is 6.00. The van der Waals surface area contributed by atoms with Crippen LogP contribution in [0.1, 0.15) is 28.8 Å². The first-order valence-electron chi connectivity index (χ1n) is 6.54. The Bertz CT molecular complexity index is 458. The summed E-state index contributed by atoms with van der Waals surface area (Å²) in [5.74, 6) is 5.51. The monoisotopic (exact) mass is 263 g/mol. The number of rotatable bonds is 6. The van der Waals surface area contributed by atoms with E-state index in [2.05, 4.69) is 5.43 Å². The van der Waals surface area contributed by atoms with Crippen LogP contribution in [-0.2, 0) is 4.74 Å². The zero-order chi connectivity index (χ0) is 13.8. The molecule has 1 aliphatic rings. The number of amides is 1. The average molecular weight is 263 g/mol. The lowest BCUT2D eigenvalue weighted by Gasteiger charge is -2.23. The molecule has 0 radical (unpaired) electrons. The van der Waals surface area contributed by atoms with E-state index in [4.69, 9.17) is 10.6 Å². The van der Waals surface area contributed by atoms with Crippen molar-refractivity contribution in [3.63, 3.8) is 0 Å². The van der Waals surface area contributed by atoms with Gasteiger partial charge >= 0.3 is 0 Å². The number of hydrogen-bond acceptors (Lipinski definition) is 4. The maximum atomic E-state index is 12.6. The van der Waals surface area contributed by atoms with Crippen LogP contribution in [0.4, 0.5) is 5.69 Å². The van der Waals surface area contributed by atoms with Gasteiger partial charge in [-0.05, 0) is 31.9 Å². The zero-order valence-electron chi connectivity index (χ0n) is 11.5. The number of nitrogens with one attached hydrogen (secondary N) is 1. The van der Waals surface area contributed by atoms with E-state index in [-0.39, 0.29) is 5.91 Å². The Morgan fingerprint density at radius 1 is 1.53 bits per heavy atom. The van der Waals surface area contributed by atoms with E-state index in [1.165, 1.54) is 0 Å². The molecule has 0 unspecified atom stereocenters. The van der Waals surface area contributed by atoms with Gasteiger partial charge in [-0.1, -0.05) is 11.6 Å². The molecule has 1 amide bonds. The molecule has 2 rings (SSSR count). The van der Waals surface area contributed by atoms with Gasteiger partial charge in [0.05, 0.1) is 17.9 Å². The van der Waals surface area contributed by atoms with E-state index in [1.807, 2.05) is 30.0 Å². The summed E-state index contributed by atoms with van der Waals surface area (Å²) in [4.78, 5) is 14.5. The smallest absolute Gasteiger partial charge is 0.256 e. The van der Waals surface area contributed by atoms with E-state index >= 15 is 0 Å². The van der Waals surface area contributed by atoms with Gasteiger partial charge in [0, 0.05) is 19.7 Å². The number of anilines is 1. The van der Waals surface area contributed by atoms with Gasteiger partial charge in [0.15, 0.2) is 0 Å². The minimum Gasteiger partial charge on any atom is -0.383 e. The normalized spacial score (nSPS) is 14.3. The van der Waals surface area contributed by atoms with Crippen LogP contribution in [-0.4, -0.2) is 37.1 Å². The standard InChI is InChI=1S/C14H21N3O2/c1-10-3-6-13(16-15)12(9-10)14(18)17(7-8-19-2)11-4-5-11/h3,6,9,11,16H,4-5,7-8,15H2,1-2H3. The Morgan fingerprint density at radius 2 is 2.26 bits per heavy atom. The zero-order valence-corrected chi connectivity index (χ0v) is 11.5. The molecule has 1 aromatic carbocycles. The molecule has 104 valence electrons. The van der Waals surface area contributed by atoms with E-state index in [0.717, 1.165) is 18.4 Å². The van der Waals surface area contributed by atoms with Crippen molar-refractivity contribution in [2.75, 3.05) is 25.7 Å². The molecule has 1 aromatic rings. The fraction of sp³-hybridized carbons (Fsp3) is 0.500. The van der Waals surface area contributed by atoms with Gasteiger partial charge in [-0.2, -0.15) is 0 Å². The van der Waals surface area contributed by atoms with Gasteiger partial charge in [-0.15, -0.1) is 0 Å². The number of nitrogens with two attached hydrogens (primary N) is 1. The molecule has 5 heteroatoms. The number of hydrazine groups is 1. The molecule has 5 nitrogen and oxygen atoms in total. The second-order valence-corrected chi connectivity index (χ2v) is 4.92. The highest BCUT2D eigenvalue weighted by atomic mass is 16.5. The number of carbonyl (C=O) groups is 1. The van der Waals surface area contributed by atoms with E-state index in [0.29, 0.717) is 30.4 Å². The van der Waals surface area contributed by atoms with Crippen LogP contribution >= 0.6 is 0 Å². The van der Waals surface area contributed by atoms with E-state index < -0.39 is 0 Å². The first-order chi connectivity index (χ1) is 9.17. The second kappa shape index (κ2) is 6.04. The summed E-state index contributed by atoms with van der Waals surface area (Å²) in [6.45, 7) is 3.14.